The standard InChI is InChI=1S/C15H13N3O3/c1-21-11-7-3-2-5-9(11)14-17-12(15(19)20)13-10(16)6-4-8-18(13)14/h2-8H,16H2,1H3,(H,19,20). The minimum Gasteiger partial charge on any atom is -0.496 e. The maximum absolute atomic E-state index is 11.4. The van der Waals surface area contributed by atoms with Crippen molar-refractivity contribution in [1.29, 1.82) is 0 Å². The second-order valence-electron chi connectivity index (χ2n) is 4.47. The van der Waals surface area contributed by atoms with Crippen LogP contribution in [0.3, 0.4) is 0 Å². The van der Waals surface area contributed by atoms with E-state index in [9.17, 15) is 9.90 Å². The average molecular weight is 283 g/mol. The second-order valence-corrected chi connectivity index (χ2v) is 4.47. The van der Waals surface area contributed by atoms with Crippen LogP contribution in [-0.4, -0.2) is 27.6 Å². The lowest BCUT2D eigenvalue weighted by molar-refractivity contribution is 0.0693. The summed E-state index contributed by atoms with van der Waals surface area (Å²) in [4.78, 5) is 15.6. The third kappa shape index (κ3) is 1.97. The van der Waals surface area contributed by atoms with Gasteiger partial charge in [-0.3, -0.25) is 4.40 Å². The van der Waals surface area contributed by atoms with Crippen molar-refractivity contribution >= 4 is 17.2 Å². The number of carbonyl (C=O) groups is 1. The van der Waals surface area contributed by atoms with Crippen molar-refractivity contribution < 1.29 is 14.6 Å². The van der Waals surface area contributed by atoms with Crippen molar-refractivity contribution in [3.63, 3.8) is 0 Å². The number of nitrogens with zero attached hydrogens (tertiary/aromatic N) is 2. The van der Waals surface area contributed by atoms with Crippen LogP contribution in [0.4, 0.5) is 5.69 Å². The van der Waals surface area contributed by atoms with Crippen LogP contribution in [0.5, 0.6) is 5.75 Å². The van der Waals surface area contributed by atoms with E-state index >= 15 is 0 Å². The number of pyridine rings is 1. The maximum Gasteiger partial charge on any atom is 0.356 e. The van der Waals surface area contributed by atoms with E-state index in [0.717, 1.165) is 0 Å². The Hall–Kier alpha value is -3.02. The molecular weight excluding hydrogens is 270 g/mol. The third-order valence-corrected chi connectivity index (χ3v) is 3.25. The summed E-state index contributed by atoms with van der Waals surface area (Å²) in [5.41, 5.74) is 7.27. The first-order chi connectivity index (χ1) is 10.1. The predicted molar refractivity (Wildman–Crippen MR) is 78.6 cm³/mol. The fourth-order valence-corrected chi connectivity index (χ4v) is 2.33. The summed E-state index contributed by atoms with van der Waals surface area (Å²) in [7, 11) is 1.56. The molecule has 0 amide bonds. The molecule has 0 atom stereocenters. The highest BCUT2D eigenvalue weighted by atomic mass is 16.5. The molecule has 0 radical (unpaired) electrons. The van der Waals surface area contributed by atoms with E-state index in [1.807, 2.05) is 18.2 Å². The van der Waals surface area contributed by atoms with E-state index in [2.05, 4.69) is 4.98 Å². The van der Waals surface area contributed by atoms with Crippen LogP contribution in [0.2, 0.25) is 0 Å². The number of nitrogen functional groups attached to an aromatic ring is 1. The Labute approximate surface area is 120 Å². The summed E-state index contributed by atoms with van der Waals surface area (Å²) in [6.07, 6.45) is 1.73. The fourth-order valence-electron chi connectivity index (χ4n) is 2.33. The number of para-hydroxylation sites is 1. The van der Waals surface area contributed by atoms with Crippen LogP contribution in [-0.2, 0) is 0 Å². The largest absolute Gasteiger partial charge is 0.496 e. The topological polar surface area (TPSA) is 89.8 Å². The van der Waals surface area contributed by atoms with Gasteiger partial charge in [0.1, 0.15) is 17.1 Å². The van der Waals surface area contributed by atoms with Crippen molar-refractivity contribution in [2.75, 3.05) is 12.8 Å². The third-order valence-electron chi connectivity index (χ3n) is 3.25. The van der Waals surface area contributed by atoms with Crippen molar-refractivity contribution in [2.24, 2.45) is 0 Å². The average Bonchev–Trinajstić information content (AvgIpc) is 2.88. The monoisotopic (exact) mass is 283 g/mol. The van der Waals surface area contributed by atoms with Crippen LogP contribution >= 0.6 is 0 Å². The van der Waals surface area contributed by atoms with Gasteiger partial charge in [0.25, 0.3) is 0 Å². The molecule has 3 aromatic rings. The number of carboxylic acids is 1. The molecule has 0 bridgehead atoms. The highest BCUT2D eigenvalue weighted by Crippen LogP contribution is 2.32. The molecule has 0 unspecified atom stereocenters. The van der Waals surface area contributed by atoms with E-state index in [1.165, 1.54) is 0 Å². The predicted octanol–water partition coefficient (Wildman–Crippen LogP) is 2.29. The smallest absolute Gasteiger partial charge is 0.356 e. The molecule has 0 saturated carbocycles. The summed E-state index contributed by atoms with van der Waals surface area (Å²) in [5, 5.41) is 9.33. The lowest BCUT2D eigenvalue weighted by Crippen LogP contribution is -2.00. The normalized spacial score (nSPS) is 10.7. The van der Waals surface area contributed by atoms with E-state index in [1.54, 1.807) is 35.9 Å². The zero-order valence-electron chi connectivity index (χ0n) is 11.3. The Kier molecular flexibility index (Phi) is 2.98. The molecule has 106 valence electrons. The van der Waals surface area contributed by atoms with Gasteiger partial charge in [0.05, 0.1) is 18.4 Å². The van der Waals surface area contributed by atoms with Gasteiger partial charge in [0, 0.05) is 6.20 Å². The molecule has 1 aromatic carbocycles. The molecule has 0 aliphatic heterocycles. The van der Waals surface area contributed by atoms with Gasteiger partial charge in [0.2, 0.25) is 0 Å². The van der Waals surface area contributed by atoms with E-state index < -0.39 is 5.97 Å². The van der Waals surface area contributed by atoms with Crippen LogP contribution in [0, 0.1) is 0 Å². The highest BCUT2D eigenvalue weighted by molar-refractivity contribution is 5.99. The van der Waals surface area contributed by atoms with Gasteiger partial charge in [-0.2, -0.15) is 0 Å². The van der Waals surface area contributed by atoms with Gasteiger partial charge in [-0.1, -0.05) is 12.1 Å². The van der Waals surface area contributed by atoms with Gasteiger partial charge in [-0.05, 0) is 24.3 Å². The zero-order valence-corrected chi connectivity index (χ0v) is 11.3. The first-order valence-corrected chi connectivity index (χ1v) is 6.26. The molecule has 0 aliphatic rings. The number of ether oxygens (including phenoxy) is 1. The number of imidazole rings is 1. The number of fused-ring (bicyclic) bond motifs is 1. The fraction of sp³-hybridized carbons (Fsp3) is 0.0667. The minimum atomic E-state index is -1.12. The Balaban J connectivity index is 2.39. The highest BCUT2D eigenvalue weighted by Gasteiger charge is 2.21. The summed E-state index contributed by atoms with van der Waals surface area (Å²) < 4.78 is 6.98. The lowest BCUT2D eigenvalue weighted by atomic mass is 10.2. The molecule has 0 spiro atoms. The number of anilines is 1. The van der Waals surface area contributed by atoms with E-state index in [-0.39, 0.29) is 5.69 Å². The molecule has 0 fully saturated rings. The molecule has 3 N–H and O–H groups in total. The first-order valence-electron chi connectivity index (χ1n) is 6.26. The van der Waals surface area contributed by atoms with Crippen LogP contribution in [0.1, 0.15) is 10.5 Å². The van der Waals surface area contributed by atoms with Crippen molar-refractivity contribution in [2.45, 2.75) is 0 Å². The Morgan fingerprint density at radius 3 is 2.76 bits per heavy atom. The Bertz CT molecular complexity index is 839. The van der Waals surface area contributed by atoms with Crippen LogP contribution < -0.4 is 10.5 Å². The number of rotatable bonds is 3. The first kappa shape index (κ1) is 13.0. The van der Waals surface area contributed by atoms with Gasteiger partial charge >= 0.3 is 5.97 Å². The molecule has 0 aliphatic carbocycles. The Morgan fingerprint density at radius 2 is 2.05 bits per heavy atom. The molecule has 2 heterocycles. The minimum absolute atomic E-state index is 0.0750. The summed E-state index contributed by atoms with van der Waals surface area (Å²) in [6, 6.07) is 10.7. The number of aromatic nitrogens is 2. The van der Waals surface area contributed by atoms with Crippen molar-refractivity contribution in [3.8, 4) is 17.1 Å². The Morgan fingerprint density at radius 1 is 1.29 bits per heavy atom. The van der Waals surface area contributed by atoms with Gasteiger partial charge in [-0.25, -0.2) is 9.78 Å². The molecule has 0 saturated heterocycles. The van der Waals surface area contributed by atoms with Crippen LogP contribution in [0.15, 0.2) is 42.6 Å². The van der Waals surface area contributed by atoms with Gasteiger partial charge < -0.3 is 15.6 Å². The van der Waals surface area contributed by atoms with E-state index in [0.29, 0.717) is 28.3 Å². The second kappa shape index (κ2) is 4.82. The summed E-state index contributed by atoms with van der Waals surface area (Å²) in [6.45, 7) is 0. The number of hydrogen-bond acceptors (Lipinski definition) is 4. The number of carboxylic acid groups (broad SMARTS) is 1. The summed E-state index contributed by atoms with van der Waals surface area (Å²) >= 11 is 0. The van der Waals surface area contributed by atoms with Crippen LogP contribution in [0.25, 0.3) is 16.9 Å². The van der Waals surface area contributed by atoms with Crippen molar-refractivity contribution in [1.82, 2.24) is 9.38 Å². The molecule has 6 heteroatoms. The zero-order chi connectivity index (χ0) is 15.0. The molecule has 3 rings (SSSR count). The molecule has 6 nitrogen and oxygen atoms in total. The van der Waals surface area contributed by atoms with Crippen molar-refractivity contribution in [3.05, 3.63) is 48.3 Å². The van der Waals surface area contributed by atoms with E-state index in [4.69, 9.17) is 10.5 Å². The number of benzene rings is 1. The number of nitrogens with two attached hydrogens (primary N) is 1. The molecule has 2 aromatic heterocycles. The van der Waals surface area contributed by atoms with Gasteiger partial charge in [-0.15, -0.1) is 0 Å². The molecule has 21 heavy (non-hydrogen) atoms. The quantitative estimate of drug-likeness (QED) is 0.769. The molecular formula is C15H13N3O3. The maximum atomic E-state index is 11.4. The summed E-state index contributed by atoms with van der Waals surface area (Å²) in [5.74, 6) is -0.0255. The lowest BCUT2D eigenvalue weighted by Gasteiger charge is -2.07. The SMILES string of the molecule is COc1ccccc1-c1nc(C(=O)O)c2c(N)cccn12. The van der Waals surface area contributed by atoms with Gasteiger partial charge in [0.15, 0.2) is 5.69 Å². The number of aromatic carboxylic acids is 1. The number of hydrogen-bond donors (Lipinski definition) is 2. The number of methoxy groups -OCH3 is 1.